The molecule has 1 aromatic heterocycles. The van der Waals surface area contributed by atoms with Gasteiger partial charge in [-0.1, -0.05) is 36.0 Å². The second kappa shape index (κ2) is 6.26. The fraction of sp³-hybridized carbons (Fsp3) is 0.467. The van der Waals surface area contributed by atoms with Crippen LogP contribution in [0.5, 0.6) is 0 Å². The molecule has 0 fully saturated rings. The second-order valence-corrected chi connectivity index (χ2v) is 6.01. The van der Waals surface area contributed by atoms with E-state index < -0.39 is 0 Å². The first-order valence-corrected chi connectivity index (χ1v) is 7.54. The second-order valence-electron chi connectivity index (χ2n) is 4.95. The van der Waals surface area contributed by atoms with E-state index in [1.54, 1.807) is 11.3 Å². The molecule has 0 saturated carbocycles. The van der Waals surface area contributed by atoms with Gasteiger partial charge in [0.05, 0.1) is 0 Å². The van der Waals surface area contributed by atoms with Crippen LogP contribution >= 0.6 is 11.3 Å². The molecule has 0 radical (unpaired) electrons. The number of aryl methyl sites for hydroxylation is 3. The molecule has 0 spiro atoms. The summed E-state index contributed by atoms with van der Waals surface area (Å²) in [6.07, 6.45) is 1.14. The van der Waals surface area contributed by atoms with Crippen molar-refractivity contribution in [3.05, 3.63) is 33.8 Å². The largest absolute Gasteiger partial charge is 0.310 e. The van der Waals surface area contributed by atoms with Crippen LogP contribution in [0, 0.1) is 20.8 Å². The summed E-state index contributed by atoms with van der Waals surface area (Å²) in [7, 11) is 0. The van der Waals surface area contributed by atoms with Crippen LogP contribution in [0.25, 0.3) is 10.6 Å². The van der Waals surface area contributed by atoms with E-state index >= 15 is 0 Å². The van der Waals surface area contributed by atoms with Gasteiger partial charge in [0.25, 0.3) is 0 Å². The maximum absolute atomic E-state index is 4.35. The zero-order valence-electron chi connectivity index (χ0n) is 12.1. The van der Waals surface area contributed by atoms with Gasteiger partial charge in [-0.3, -0.25) is 0 Å². The minimum Gasteiger partial charge on any atom is -0.310 e. The third-order valence-corrected chi connectivity index (χ3v) is 4.00. The van der Waals surface area contributed by atoms with Gasteiger partial charge in [0.15, 0.2) is 0 Å². The monoisotopic (exact) mass is 275 g/mol. The molecule has 0 amide bonds. The zero-order chi connectivity index (χ0) is 13.8. The Morgan fingerprint density at radius 2 is 1.79 bits per heavy atom. The summed E-state index contributed by atoms with van der Waals surface area (Å²) in [4.78, 5) is 0. The Morgan fingerprint density at radius 3 is 2.42 bits per heavy atom. The number of nitrogens with one attached hydrogen (secondary N) is 1. The van der Waals surface area contributed by atoms with Crippen LogP contribution in [0.1, 0.15) is 35.0 Å². The quantitative estimate of drug-likeness (QED) is 0.847. The SMILES string of the molecule is CCCNCc1nnc(-c2c(C)cc(C)cc2C)s1. The van der Waals surface area contributed by atoms with Gasteiger partial charge >= 0.3 is 0 Å². The lowest BCUT2D eigenvalue weighted by atomic mass is 10.0. The fourth-order valence-corrected chi connectivity index (χ4v) is 3.30. The van der Waals surface area contributed by atoms with E-state index in [2.05, 4.69) is 55.3 Å². The number of rotatable bonds is 5. The van der Waals surface area contributed by atoms with Crippen molar-refractivity contribution in [2.75, 3.05) is 6.54 Å². The molecule has 2 rings (SSSR count). The first-order chi connectivity index (χ1) is 9.11. The molecule has 102 valence electrons. The maximum atomic E-state index is 4.35. The Bertz CT molecular complexity index is 537. The van der Waals surface area contributed by atoms with Gasteiger partial charge in [0, 0.05) is 12.1 Å². The molecule has 0 aliphatic heterocycles. The lowest BCUT2D eigenvalue weighted by Crippen LogP contribution is -2.13. The average Bonchev–Trinajstić information content (AvgIpc) is 2.76. The molecular formula is C15H21N3S. The topological polar surface area (TPSA) is 37.8 Å². The molecule has 0 aliphatic rings. The van der Waals surface area contributed by atoms with Crippen molar-refractivity contribution in [3.63, 3.8) is 0 Å². The summed E-state index contributed by atoms with van der Waals surface area (Å²) in [6.45, 7) is 10.4. The van der Waals surface area contributed by atoms with Crippen LogP contribution in [0.3, 0.4) is 0 Å². The first kappa shape index (κ1) is 14.2. The highest BCUT2D eigenvalue weighted by molar-refractivity contribution is 7.14. The Kier molecular flexibility index (Phi) is 4.66. The van der Waals surface area contributed by atoms with Crippen molar-refractivity contribution in [2.45, 2.75) is 40.7 Å². The fourth-order valence-electron chi connectivity index (χ4n) is 2.32. The van der Waals surface area contributed by atoms with Crippen LogP contribution in [0.2, 0.25) is 0 Å². The van der Waals surface area contributed by atoms with E-state index in [0.29, 0.717) is 0 Å². The van der Waals surface area contributed by atoms with E-state index in [9.17, 15) is 0 Å². The predicted octanol–water partition coefficient (Wildman–Crippen LogP) is 3.63. The molecule has 1 N–H and O–H groups in total. The highest BCUT2D eigenvalue weighted by atomic mass is 32.1. The Morgan fingerprint density at radius 1 is 1.11 bits per heavy atom. The van der Waals surface area contributed by atoms with Crippen LogP contribution < -0.4 is 5.32 Å². The molecule has 0 saturated heterocycles. The van der Waals surface area contributed by atoms with Crippen molar-refractivity contribution < 1.29 is 0 Å². The van der Waals surface area contributed by atoms with Gasteiger partial charge in [-0.2, -0.15) is 0 Å². The summed E-state index contributed by atoms with van der Waals surface area (Å²) in [6, 6.07) is 4.41. The molecule has 4 heteroatoms. The zero-order valence-corrected chi connectivity index (χ0v) is 12.9. The van der Waals surface area contributed by atoms with E-state index in [1.165, 1.54) is 22.3 Å². The normalized spacial score (nSPS) is 10.9. The van der Waals surface area contributed by atoms with Crippen molar-refractivity contribution in [2.24, 2.45) is 0 Å². The molecule has 2 aromatic rings. The molecule has 0 bridgehead atoms. The van der Waals surface area contributed by atoms with Gasteiger partial charge in [-0.25, -0.2) is 0 Å². The Labute approximate surface area is 119 Å². The van der Waals surface area contributed by atoms with Crippen LogP contribution in [0.15, 0.2) is 12.1 Å². The van der Waals surface area contributed by atoms with E-state index in [-0.39, 0.29) is 0 Å². The van der Waals surface area contributed by atoms with Gasteiger partial charge in [-0.05, 0) is 44.9 Å². The molecule has 0 unspecified atom stereocenters. The lowest BCUT2D eigenvalue weighted by Gasteiger charge is -2.07. The number of aromatic nitrogens is 2. The smallest absolute Gasteiger partial charge is 0.148 e. The Hall–Kier alpha value is -1.26. The summed E-state index contributed by atoms with van der Waals surface area (Å²) in [5.41, 5.74) is 5.10. The van der Waals surface area contributed by atoms with Crippen molar-refractivity contribution >= 4 is 11.3 Å². The van der Waals surface area contributed by atoms with Gasteiger partial charge < -0.3 is 5.32 Å². The molecule has 0 atom stereocenters. The standard InChI is InChI=1S/C15H21N3S/c1-5-6-16-9-13-17-18-15(19-13)14-11(3)7-10(2)8-12(14)4/h7-8,16H,5-6,9H2,1-4H3. The number of nitrogens with zero attached hydrogens (tertiary/aromatic N) is 2. The highest BCUT2D eigenvalue weighted by Crippen LogP contribution is 2.30. The molecule has 1 aromatic carbocycles. The summed E-state index contributed by atoms with van der Waals surface area (Å²) in [5.74, 6) is 0. The summed E-state index contributed by atoms with van der Waals surface area (Å²) >= 11 is 1.69. The minimum absolute atomic E-state index is 0.815. The number of hydrogen-bond acceptors (Lipinski definition) is 4. The summed E-state index contributed by atoms with van der Waals surface area (Å²) < 4.78 is 0. The van der Waals surface area contributed by atoms with Crippen molar-refractivity contribution in [1.82, 2.24) is 15.5 Å². The lowest BCUT2D eigenvalue weighted by molar-refractivity contribution is 0.668. The predicted molar refractivity (Wildman–Crippen MR) is 81.6 cm³/mol. The van der Waals surface area contributed by atoms with Gasteiger partial charge in [0.1, 0.15) is 10.0 Å². The maximum Gasteiger partial charge on any atom is 0.148 e. The van der Waals surface area contributed by atoms with Crippen LogP contribution in [-0.4, -0.2) is 16.7 Å². The van der Waals surface area contributed by atoms with Gasteiger partial charge in [0.2, 0.25) is 0 Å². The van der Waals surface area contributed by atoms with Crippen LogP contribution in [0.4, 0.5) is 0 Å². The molecule has 19 heavy (non-hydrogen) atoms. The van der Waals surface area contributed by atoms with Crippen molar-refractivity contribution in [3.8, 4) is 10.6 Å². The number of hydrogen-bond donors (Lipinski definition) is 1. The molecular weight excluding hydrogens is 254 g/mol. The summed E-state index contributed by atoms with van der Waals surface area (Å²) in [5, 5.41) is 14.1. The first-order valence-electron chi connectivity index (χ1n) is 6.73. The van der Waals surface area contributed by atoms with Crippen LogP contribution in [-0.2, 0) is 6.54 Å². The molecule has 0 aliphatic carbocycles. The van der Waals surface area contributed by atoms with E-state index in [1.807, 2.05) is 0 Å². The third kappa shape index (κ3) is 3.39. The van der Waals surface area contributed by atoms with E-state index in [4.69, 9.17) is 0 Å². The van der Waals surface area contributed by atoms with Gasteiger partial charge in [-0.15, -0.1) is 10.2 Å². The average molecular weight is 275 g/mol. The Balaban J connectivity index is 2.23. The number of benzene rings is 1. The van der Waals surface area contributed by atoms with E-state index in [0.717, 1.165) is 29.5 Å². The molecule has 3 nitrogen and oxygen atoms in total. The highest BCUT2D eigenvalue weighted by Gasteiger charge is 2.12. The van der Waals surface area contributed by atoms with Crippen molar-refractivity contribution in [1.29, 1.82) is 0 Å². The third-order valence-electron chi connectivity index (χ3n) is 3.06. The molecule has 1 heterocycles. The minimum atomic E-state index is 0.815.